The predicted octanol–water partition coefficient (Wildman–Crippen LogP) is 1.27. The highest BCUT2D eigenvalue weighted by Crippen LogP contribution is 2.20. The number of carboxylic acid groups (broad SMARTS) is 1. The Labute approximate surface area is 96.1 Å². The van der Waals surface area contributed by atoms with Crippen LogP contribution in [0.25, 0.3) is 5.82 Å². The molecule has 16 heavy (non-hydrogen) atoms. The molecule has 0 aliphatic rings. The van der Waals surface area contributed by atoms with Gasteiger partial charge in [0.05, 0.1) is 6.20 Å². The number of carboxylic acids is 1. The standard InChI is InChI=1S/C9H9ClN4O2/c1-5-3-7(9(15)16)12-14(5)8-6(10)4-11-13(8)2/h3-4H,1-2H3,(H,15,16). The largest absolute Gasteiger partial charge is 0.476 e. The number of hydrogen-bond donors (Lipinski definition) is 1. The van der Waals surface area contributed by atoms with Crippen molar-refractivity contribution in [3.63, 3.8) is 0 Å². The van der Waals surface area contributed by atoms with Crippen LogP contribution in [0.3, 0.4) is 0 Å². The van der Waals surface area contributed by atoms with Crippen molar-refractivity contribution in [3.05, 3.63) is 28.7 Å². The van der Waals surface area contributed by atoms with Crippen LogP contribution < -0.4 is 0 Å². The van der Waals surface area contributed by atoms with Crippen LogP contribution in [0.15, 0.2) is 12.3 Å². The first-order valence-corrected chi connectivity index (χ1v) is 4.86. The first-order chi connectivity index (χ1) is 7.50. The molecule has 0 spiro atoms. The summed E-state index contributed by atoms with van der Waals surface area (Å²) in [5.41, 5.74) is 0.665. The molecule has 0 bridgehead atoms. The maximum atomic E-state index is 10.8. The van der Waals surface area contributed by atoms with E-state index in [1.54, 1.807) is 14.0 Å². The Hall–Kier alpha value is -1.82. The lowest BCUT2D eigenvalue weighted by atomic mass is 10.4. The molecular weight excluding hydrogens is 232 g/mol. The van der Waals surface area contributed by atoms with E-state index in [0.29, 0.717) is 16.5 Å². The van der Waals surface area contributed by atoms with Gasteiger partial charge in [-0.2, -0.15) is 10.2 Å². The fourth-order valence-electron chi connectivity index (χ4n) is 1.44. The number of carbonyl (C=O) groups is 1. The zero-order valence-electron chi connectivity index (χ0n) is 8.68. The summed E-state index contributed by atoms with van der Waals surface area (Å²) in [6.45, 7) is 1.75. The van der Waals surface area contributed by atoms with Gasteiger partial charge in [0.25, 0.3) is 0 Å². The van der Waals surface area contributed by atoms with E-state index in [1.165, 1.54) is 21.6 Å². The molecule has 0 fully saturated rings. The number of aromatic nitrogens is 4. The second-order valence-electron chi connectivity index (χ2n) is 3.33. The number of halogens is 1. The van der Waals surface area contributed by atoms with Crippen LogP contribution in [0.4, 0.5) is 0 Å². The Balaban J connectivity index is 2.61. The summed E-state index contributed by atoms with van der Waals surface area (Å²) in [7, 11) is 1.71. The maximum Gasteiger partial charge on any atom is 0.356 e. The fourth-order valence-corrected chi connectivity index (χ4v) is 1.68. The first kappa shape index (κ1) is 10.7. The van der Waals surface area contributed by atoms with Gasteiger partial charge in [-0.05, 0) is 13.0 Å². The van der Waals surface area contributed by atoms with Crippen molar-refractivity contribution in [1.29, 1.82) is 0 Å². The highest BCUT2D eigenvalue weighted by atomic mass is 35.5. The summed E-state index contributed by atoms with van der Waals surface area (Å²) in [6, 6.07) is 1.48. The van der Waals surface area contributed by atoms with Crippen molar-refractivity contribution in [3.8, 4) is 5.82 Å². The average molecular weight is 241 g/mol. The van der Waals surface area contributed by atoms with Gasteiger partial charge in [-0.1, -0.05) is 11.6 Å². The number of aryl methyl sites for hydroxylation is 2. The molecular formula is C9H9ClN4O2. The van der Waals surface area contributed by atoms with Crippen molar-refractivity contribution in [2.45, 2.75) is 6.92 Å². The minimum Gasteiger partial charge on any atom is -0.476 e. The third kappa shape index (κ3) is 1.57. The van der Waals surface area contributed by atoms with Crippen LogP contribution in [-0.2, 0) is 7.05 Å². The van der Waals surface area contributed by atoms with Gasteiger partial charge in [0.15, 0.2) is 11.5 Å². The van der Waals surface area contributed by atoms with Crippen LogP contribution in [-0.4, -0.2) is 30.6 Å². The highest BCUT2D eigenvalue weighted by Gasteiger charge is 2.16. The summed E-state index contributed by atoms with van der Waals surface area (Å²) >= 11 is 5.95. The predicted molar refractivity (Wildman–Crippen MR) is 57.0 cm³/mol. The third-order valence-corrected chi connectivity index (χ3v) is 2.44. The Morgan fingerprint density at radius 3 is 2.69 bits per heavy atom. The molecule has 1 N–H and O–H groups in total. The lowest BCUT2D eigenvalue weighted by Crippen LogP contribution is -2.07. The van der Waals surface area contributed by atoms with Crippen molar-refractivity contribution >= 4 is 17.6 Å². The molecule has 0 amide bonds. The van der Waals surface area contributed by atoms with E-state index in [9.17, 15) is 4.79 Å². The van der Waals surface area contributed by atoms with Crippen molar-refractivity contribution in [2.75, 3.05) is 0 Å². The SMILES string of the molecule is Cc1cc(C(=O)O)nn1-c1c(Cl)cnn1C. The monoisotopic (exact) mass is 240 g/mol. The van der Waals surface area contributed by atoms with Crippen molar-refractivity contribution < 1.29 is 9.90 Å². The molecule has 2 rings (SSSR count). The molecule has 0 unspecified atom stereocenters. The van der Waals surface area contributed by atoms with E-state index in [1.807, 2.05) is 0 Å². The summed E-state index contributed by atoms with van der Waals surface area (Å²) in [5, 5.41) is 17.2. The Bertz CT molecular complexity index is 538. The Morgan fingerprint density at radius 2 is 2.25 bits per heavy atom. The highest BCUT2D eigenvalue weighted by molar-refractivity contribution is 6.32. The van der Waals surface area contributed by atoms with Crippen LogP contribution >= 0.6 is 11.6 Å². The van der Waals surface area contributed by atoms with Gasteiger partial charge in [-0.25, -0.2) is 14.2 Å². The second kappa shape index (κ2) is 3.64. The van der Waals surface area contributed by atoms with Gasteiger partial charge in [-0.15, -0.1) is 0 Å². The number of nitrogens with zero attached hydrogens (tertiary/aromatic N) is 4. The molecule has 0 aromatic carbocycles. The summed E-state index contributed by atoms with van der Waals surface area (Å²) in [4.78, 5) is 10.8. The van der Waals surface area contributed by atoms with E-state index in [-0.39, 0.29) is 5.69 Å². The molecule has 0 aliphatic heterocycles. The smallest absolute Gasteiger partial charge is 0.356 e. The minimum absolute atomic E-state index is 0.0187. The van der Waals surface area contributed by atoms with Gasteiger partial charge < -0.3 is 5.11 Å². The molecule has 0 saturated heterocycles. The second-order valence-corrected chi connectivity index (χ2v) is 3.73. The minimum atomic E-state index is -1.07. The molecule has 0 aliphatic carbocycles. The summed E-state index contributed by atoms with van der Waals surface area (Å²) in [6.07, 6.45) is 1.48. The molecule has 0 atom stereocenters. The lowest BCUT2D eigenvalue weighted by Gasteiger charge is -2.04. The molecule has 0 radical (unpaired) electrons. The molecule has 0 saturated carbocycles. The van der Waals surface area contributed by atoms with E-state index in [4.69, 9.17) is 16.7 Å². The maximum absolute atomic E-state index is 10.8. The average Bonchev–Trinajstić information content (AvgIpc) is 2.71. The van der Waals surface area contributed by atoms with E-state index < -0.39 is 5.97 Å². The van der Waals surface area contributed by atoms with E-state index >= 15 is 0 Å². The molecule has 2 aromatic rings. The molecule has 2 heterocycles. The third-order valence-electron chi connectivity index (χ3n) is 2.17. The van der Waals surface area contributed by atoms with Crippen LogP contribution in [0.1, 0.15) is 16.2 Å². The Morgan fingerprint density at radius 1 is 1.56 bits per heavy atom. The van der Waals surface area contributed by atoms with Gasteiger partial charge in [0, 0.05) is 12.7 Å². The van der Waals surface area contributed by atoms with Crippen LogP contribution in [0.2, 0.25) is 5.02 Å². The Kier molecular flexibility index (Phi) is 2.43. The fraction of sp³-hybridized carbons (Fsp3) is 0.222. The zero-order chi connectivity index (χ0) is 11.9. The normalized spacial score (nSPS) is 10.7. The number of aromatic carboxylic acids is 1. The summed E-state index contributed by atoms with van der Waals surface area (Å²) in [5.74, 6) is -0.521. The molecule has 6 nitrogen and oxygen atoms in total. The van der Waals surface area contributed by atoms with E-state index in [2.05, 4.69) is 10.2 Å². The van der Waals surface area contributed by atoms with Gasteiger partial charge in [-0.3, -0.25) is 0 Å². The lowest BCUT2D eigenvalue weighted by molar-refractivity contribution is 0.0690. The molecule has 2 aromatic heterocycles. The van der Waals surface area contributed by atoms with E-state index in [0.717, 1.165) is 0 Å². The van der Waals surface area contributed by atoms with Gasteiger partial charge >= 0.3 is 5.97 Å². The zero-order valence-corrected chi connectivity index (χ0v) is 9.43. The molecule has 7 heteroatoms. The number of hydrogen-bond acceptors (Lipinski definition) is 3. The number of rotatable bonds is 2. The topological polar surface area (TPSA) is 72.9 Å². The van der Waals surface area contributed by atoms with Crippen molar-refractivity contribution in [2.24, 2.45) is 7.05 Å². The van der Waals surface area contributed by atoms with Crippen LogP contribution in [0, 0.1) is 6.92 Å². The quantitative estimate of drug-likeness (QED) is 0.858. The van der Waals surface area contributed by atoms with Crippen molar-refractivity contribution in [1.82, 2.24) is 19.6 Å². The summed E-state index contributed by atoms with van der Waals surface area (Å²) < 4.78 is 2.99. The van der Waals surface area contributed by atoms with Gasteiger partial charge in [0.2, 0.25) is 0 Å². The first-order valence-electron chi connectivity index (χ1n) is 4.48. The van der Waals surface area contributed by atoms with Crippen LogP contribution in [0.5, 0.6) is 0 Å². The van der Waals surface area contributed by atoms with Gasteiger partial charge in [0.1, 0.15) is 5.02 Å². The molecule has 84 valence electrons.